The standard InChI is InChI=1S/C18H18Cl2N2O3S/c1-24-14-6-4-11(17(20)18(14)25-2)10-21-22-16(23)9-12-8-13(19)5-7-15(12)26-3/h4-8,10H,9H2,1-3H3,(H,22,23)/b21-10-. The van der Waals surface area contributed by atoms with Crippen molar-refractivity contribution in [3.8, 4) is 11.5 Å². The molecule has 0 aliphatic carbocycles. The van der Waals surface area contributed by atoms with Crippen molar-refractivity contribution in [2.24, 2.45) is 5.10 Å². The van der Waals surface area contributed by atoms with Crippen molar-refractivity contribution in [1.29, 1.82) is 0 Å². The highest BCUT2D eigenvalue weighted by Crippen LogP contribution is 2.36. The molecule has 1 N–H and O–H groups in total. The van der Waals surface area contributed by atoms with Crippen molar-refractivity contribution in [2.75, 3.05) is 20.5 Å². The number of benzene rings is 2. The van der Waals surface area contributed by atoms with Gasteiger partial charge in [0.1, 0.15) is 0 Å². The largest absolute Gasteiger partial charge is 0.493 e. The van der Waals surface area contributed by atoms with Gasteiger partial charge in [0.15, 0.2) is 11.5 Å². The summed E-state index contributed by atoms with van der Waals surface area (Å²) in [5, 5.41) is 4.90. The average molecular weight is 413 g/mol. The first kappa shape index (κ1) is 20.4. The van der Waals surface area contributed by atoms with E-state index in [0.29, 0.717) is 27.1 Å². The van der Waals surface area contributed by atoms with E-state index >= 15 is 0 Å². The summed E-state index contributed by atoms with van der Waals surface area (Å²) in [5.74, 6) is 0.674. The lowest BCUT2D eigenvalue weighted by Gasteiger charge is -2.10. The summed E-state index contributed by atoms with van der Waals surface area (Å²) in [6.07, 6.45) is 3.57. The molecule has 0 aromatic heterocycles. The molecule has 2 aromatic rings. The Labute approximate surface area is 166 Å². The molecule has 0 atom stereocenters. The predicted octanol–water partition coefficient (Wildman–Crippen LogP) is 4.43. The maximum Gasteiger partial charge on any atom is 0.244 e. The maximum absolute atomic E-state index is 12.1. The molecule has 26 heavy (non-hydrogen) atoms. The average Bonchev–Trinajstić information content (AvgIpc) is 2.63. The Hall–Kier alpha value is -1.89. The number of ether oxygens (including phenoxy) is 2. The zero-order valence-corrected chi connectivity index (χ0v) is 16.8. The third-order valence-corrected chi connectivity index (χ3v) is 4.96. The van der Waals surface area contributed by atoms with Gasteiger partial charge >= 0.3 is 0 Å². The Balaban J connectivity index is 2.07. The van der Waals surface area contributed by atoms with Crippen LogP contribution in [0.25, 0.3) is 0 Å². The topological polar surface area (TPSA) is 59.9 Å². The van der Waals surface area contributed by atoms with E-state index in [1.54, 1.807) is 36.0 Å². The van der Waals surface area contributed by atoms with Gasteiger partial charge in [-0.15, -0.1) is 11.8 Å². The van der Waals surface area contributed by atoms with Gasteiger partial charge in [0.2, 0.25) is 5.91 Å². The molecule has 5 nitrogen and oxygen atoms in total. The number of hydrazone groups is 1. The van der Waals surface area contributed by atoms with Crippen LogP contribution >= 0.6 is 35.0 Å². The van der Waals surface area contributed by atoms with E-state index in [1.165, 1.54) is 20.4 Å². The molecule has 0 bridgehead atoms. The monoisotopic (exact) mass is 412 g/mol. The maximum atomic E-state index is 12.1. The van der Waals surface area contributed by atoms with Crippen LogP contribution in [-0.4, -0.2) is 32.6 Å². The zero-order chi connectivity index (χ0) is 19.1. The van der Waals surface area contributed by atoms with Crippen LogP contribution in [0.5, 0.6) is 11.5 Å². The smallest absolute Gasteiger partial charge is 0.244 e. The molecule has 0 heterocycles. The summed E-state index contributed by atoms with van der Waals surface area (Å²) in [6, 6.07) is 8.91. The summed E-state index contributed by atoms with van der Waals surface area (Å²) in [6.45, 7) is 0. The quantitative estimate of drug-likeness (QED) is 0.415. The van der Waals surface area contributed by atoms with E-state index in [-0.39, 0.29) is 12.3 Å². The lowest BCUT2D eigenvalue weighted by molar-refractivity contribution is -0.120. The number of hydrogen-bond acceptors (Lipinski definition) is 5. The minimum absolute atomic E-state index is 0.174. The van der Waals surface area contributed by atoms with Crippen molar-refractivity contribution >= 4 is 47.1 Å². The number of rotatable bonds is 7. The molecule has 0 saturated carbocycles. The number of hydrogen-bond donors (Lipinski definition) is 1. The number of thioether (sulfide) groups is 1. The zero-order valence-electron chi connectivity index (χ0n) is 14.5. The first-order chi connectivity index (χ1) is 12.5. The van der Waals surface area contributed by atoms with Gasteiger partial charge < -0.3 is 9.47 Å². The first-order valence-electron chi connectivity index (χ1n) is 7.55. The fraction of sp³-hybridized carbons (Fsp3) is 0.222. The minimum atomic E-state index is -0.254. The van der Waals surface area contributed by atoms with Gasteiger partial charge in [-0.05, 0) is 42.2 Å². The van der Waals surface area contributed by atoms with E-state index in [4.69, 9.17) is 32.7 Å². The van der Waals surface area contributed by atoms with Crippen molar-refractivity contribution in [3.05, 3.63) is 51.5 Å². The molecule has 0 fully saturated rings. The van der Waals surface area contributed by atoms with Crippen molar-refractivity contribution in [1.82, 2.24) is 5.43 Å². The molecule has 0 unspecified atom stereocenters. The molecule has 2 rings (SSSR count). The van der Waals surface area contributed by atoms with Crippen molar-refractivity contribution < 1.29 is 14.3 Å². The first-order valence-corrected chi connectivity index (χ1v) is 9.53. The highest BCUT2D eigenvalue weighted by atomic mass is 35.5. The predicted molar refractivity (Wildman–Crippen MR) is 107 cm³/mol. The molecule has 2 aromatic carbocycles. The van der Waals surface area contributed by atoms with Crippen LogP contribution in [0.2, 0.25) is 10.0 Å². The molecular weight excluding hydrogens is 395 g/mol. The van der Waals surface area contributed by atoms with E-state index in [1.807, 2.05) is 12.3 Å². The summed E-state index contributed by atoms with van der Waals surface area (Å²) < 4.78 is 10.4. The van der Waals surface area contributed by atoms with Crippen LogP contribution in [-0.2, 0) is 11.2 Å². The lowest BCUT2D eigenvalue weighted by Crippen LogP contribution is -2.20. The third kappa shape index (κ3) is 5.06. The highest BCUT2D eigenvalue weighted by molar-refractivity contribution is 7.98. The summed E-state index contributed by atoms with van der Waals surface area (Å²) in [5.41, 5.74) is 3.93. The number of carbonyl (C=O) groups is 1. The van der Waals surface area contributed by atoms with Gasteiger partial charge in [0, 0.05) is 15.5 Å². The molecule has 1 amide bonds. The van der Waals surface area contributed by atoms with E-state index < -0.39 is 0 Å². The van der Waals surface area contributed by atoms with E-state index in [0.717, 1.165) is 10.5 Å². The fourth-order valence-electron chi connectivity index (χ4n) is 2.28. The van der Waals surface area contributed by atoms with Crippen LogP contribution in [0.15, 0.2) is 40.3 Å². The second-order valence-corrected chi connectivity index (χ2v) is 6.79. The van der Waals surface area contributed by atoms with Crippen LogP contribution in [0.3, 0.4) is 0 Å². The Morgan fingerprint density at radius 3 is 2.65 bits per heavy atom. The molecule has 138 valence electrons. The number of amides is 1. The second-order valence-electron chi connectivity index (χ2n) is 5.13. The third-order valence-electron chi connectivity index (χ3n) is 3.50. The van der Waals surface area contributed by atoms with Crippen molar-refractivity contribution in [2.45, 2.75) is 11.3 Å². The minimum Gasteiger partial charge on any atom is -0.493 e. The molecule has 0 spiro atoms. The number of carbonyl (C=O) groups excluding carboxylic acids is 1. The molecule has 8 heteroatoms. The van der Waals surface area contributed by atoms with E-state index in [9.17, 15) is 4.79 Å². The van der Waals surface area contributed by atoms with E-state index in [2.05, 4.69) is 10.5 Å². The fourth-order valence-corrected chi connectivity index (χ4v) is 3.35. The molecule has 0 aliphatic heterocycles. The van der Waals surface area contributed by atoms with Crippen molar-refractivity contribution in [3.63, 3.8) is 0 Å². The Bertz CT molecular complexity index is 828. The van der Waals surface area contributed by atoms with Gasteiger partial charge in [-0.2, -0.15) is 5.10 Å². The number of nitrogens with zero attached hydrogens (tertiary/aromatic N) is 1. The Kier molecular flexibility index (Phi) is 7.63. The summed E-state index contributed by atoms with van der Waals surface area (Å²) in [7, 11) is 3.03. The van der Waals surface area contributed by atoms with Crippen LogP contribution in [0.4, 0.5) is 0 Å². The Morgan fingerprint density at radius 1 is 1.23 bits per heavy atom. The van der Waals surface area contributed by atoms with Gasteiger partial charge in [-0.25, -0.2) is 5.43 Å². The van der Waals surface area contributed by atoms with Gasteiger partial charge in [0.05, 0.1) is 31.9 Å². The SMILES string of the molecule is COc1ccc(/C=N\NC(=O)Cc2cc(Cl)ccc2SC)c(Cl)c1OC. The molecule has 0 saturated heterocycles. The molecule has 0 radical (unpaired) electrons. The number of halogens is 2. The van der Waals surface area contributed by atoms with Gasteiger partial charge in [0.25, 0.3) is 0 Å². The van der Waals surface area contributed by atoms with Gasteiger partial charge in [-0.3, -0.25) is 4.79 Å². The highest BCUT2D eigenvalue weighted by Gasteiger charge is 2.12. The summed E-state index contributed by atoms with van der Waals surface area (Å²) >= 11 is 13.8. The normalized spacial score (nSPS) is 10.8. The summed E-state index contributed by atoms with van der Waals surface area (Å²) in [4.78, 5) is 13.1. The molecular formula is C18H18Cl2N2O3S. The lowest BCUT2D eigenvalue weighted by atomic mass is 10.1. The molecule has 0 aliphatic rings. The number of nitrogens with one attached hydrogen (secondary N) is 1. The van der Waals surface area contributed by atoms with Gasteiger partial charge in [-0.1, -0.05) is 23.2 Å². The Morgan fingerprint density at radius 2 is 2.00 bits per heavy atom. The van der Waals surface area contributed by atoms with Crippen LogP contribution < -0.4 is 14.9 Å². The van der Waals surface area contributed by atoms with Crippen LogP contribution in [0.1, 0.15) is 11.1 Å². The van der Waals surface area contributed by atoms with Crippen LogP contribution in [0, 0.1) is 0 Å². The number of methoxy groups -OCH3 is 2. The second kappa shape index (κ2) is 9.71.